The van der Waals surface area contributed by atoms with Crippen molar-refractivity contribution in [3.05, 3.63) is 53.4 Å². The highest BCUT2D eigenvalue weighted by atomic mass is 16.5. The first-order chi connectivity index (χ1) is 13.4. The van der Waals surface area contributed by atoms with Gasteiger partial charge in [-0.2, -0.15) is 0 Å². The number of amides is 2. The number of hydrogen-bond donors (Lipinski definition) is 2. The minimum Gasteiger partial charge on any atom is -0.459 e. The number of aryl methyl sites for hydroxylation is 1. The number of ether oxygens (including phenoxy) is 2. The second kappa shape index (κ2) is 10.2. The van der Waals surface area contributed by atoms with E-state index in [4.69, 9.17) is 14.0 Å². The average Bonchev–Trinajstić information content (AvgIpc) is 3.12. The number of aromatic nitrogens is 1. The lowest BCUT2D eigenvalue weighted by atomic mass is 10.2. The lowest BCUT2D eigenvalue weighted by molar-refractivity contribution is -0.148. The Bertz CT molecular complexity index is 805. The van der Waals surface area contributed by atoms with E-state index < -0.39 is 29.9 Å². The zero-order valence-electron chi connectivity index (χ0n) is 15.9. The first-order valence-corrected chi connectivity index (χ1v) is 8.64. The number of carbonyl (C=O) groups is 3. The Morgan fingerprint density at radius 3 is 2.50 bits per heavy atom. The third-order valence-corrected chi connectivity index (χ3v) is 3.75. The van der Waals surface area contributed by atoms with Crippen molar-refractivity contribution in [3.63, 3.8) is 0 Å². The Kier molecular flexibility index (Phi) is 7.70. The summed E-state index contributed by atoms with van der Waals surface area (Å²) in [5, 5.41) is 8.61. The maximum absolute atomic E-state index is 12.4. The molecule has 0 radical (unpaired) electrons. The summed E-state index contributed by atoms with van der Waals surface area (Å²) in [4.78, 5) is 36.7. The van der Waals surface area contributed by atoms with Crippen molar-refractivity contribution in [1.29, 1.82) is 0 Å². The van der Waals surface area contributed by atoms with E-state index in [1.54, 1.807) is 6.92 Å². The molecule has 2 rings (SSSR count). The summed E-state index contributed by atoms with van der Waals surface area (Å²) in [6, 6.07) is 8.71. The predicted molar refractivity (Wildman–Crippen MR) is 98.2 cm³/mol. The number of nitrogens with one attached hydrogen (secondary N) is 2. The molecule has 2 N–H and O–H groups in total. The quantitative estimate of drug-likeness (QED) is 0.613. The molecule has 0 spiro atoms. The molecule has 0 bridgehead atoms. The molecule has 9 heteroatoms. The molecule has 2 amide bonds. The Balaban J connectivity index is 1.89. The Morgan fingerprint density at radius 2 is 1.89 bits per heavy atom. The number of benzene rings is 1. The van der Waals surface area contributed by atoms with Gasteiger partial charge in [0.15, 0.2) is 5.69 Å². The summed E-state index contributed by atoms with van der Waals surface area (Å²) in [5.41, 5.74) is 0.878. The monoisotopic (exact) mass is 389 g/mol. The van der Waals surface area contributed by atoms with E-state index in [0.717, 1.165) is 5.56 Å². The lowest BCUT2D eigenvalue weighted by Crippen LogP contribution is -2.53. The highest BCUT2D eigenvalue weighted by molar-refractivity contribution is 5.96. The molecule has 0 saturated carbocycles. The van der Waals surface area contributed by atoms with Crippen molar-refractivity contribution in [2.45, 2.75) is 32.5 Å². The number of carbonyl (C=O) groups excluding carboxylic acids is 3. The van der Waals surface area contributed by atoms with E-state index >= 15 is 0 Å². The number of hydrogen-bond acceptors (Lipinski definition) is 7. The summed E-state index contributed by atoms with van der Waals surface area (Å²) >= 11 is 0. The van der Waals surface area contributed by atoms with Crippen LogP contribution in [-0.4, -0.2) is 48.7 Å². The van der Waals surface area contributed by atoms with Gasteiger partial charge in [0.25, 0.3) is 5.91 Å². The van der Waals surface area contributed by atoms with Gasteiger partial charge in [0.05, 0.1) is 6.61 Å². The van der Waals surface area contributed by atoms with Crippen LogP contribution in [0, 0.1) is 6.92 Å². The molecule has 0 aliphatic carbocycles. The van der Waals surface area contributed by atoms with Gasteiger partial charge >= 0.3 is 5.97 Å². The first-order valence-electron chi connectivity index (χ1n) is 8.64. The molecule has 0 aliphatic heterocycles. The SMILES string of the molecule is COC[C@H](NC(=O)c1cc(C)on1)C(=O)N[C@@H](C)C(=O)OCc1ccccc1. The molecule has 1 heterocycles. The Labute approximate surface area is 162 Å². The lowest BCUT2D eigenvalue weighted by Gasteiger charge is -2.19. The number of rotatable bonds is 9. The second-order valence-electron chi connectivity index (χ2n) is 6.13. The molecule has 0 fully saturated rings. The minimum atomic E-state index is -1.01. The van der Waals surface area contributed by atoms with Gasteiger partial charge in [0, 0.05) is 13.2 Å². The predicted octanol–water partition coefficient (Wildman–Crippen LogP) is 0.976. The van der Waals surface area contributed by atoms with E-state index in [1.807, 2.05) is 30.3 Å². The molecular formula is C19H23N3O6. The van der Waals surface area contributed by atoms with Gasteiger partial charge in [-0.3, -0.25) is 9.59 Å². The first kappa shape index (κ1) is 21.1. The van der Waals surface area contributed by atoms with Gasteiger partial charge in [-0.15, -0.1) is 0 Å². The van der Waals surface area contributed by atoms with E-state index in [9.17, 15) is 14.4 Å². The highest BCUT2D eigenvalue weighted by Gasteiger charge is 2.26. The van der Waals surface area contributed by atoms with E-state index in [1.165, 1.54) is 20.1 Å². The highest BCUT2D eigenvalue weighted by Crippen LogP contribution is 2.04. The molecule has 1 aromatic heterocycles. The summed E-state index contributed by atoms with van der Waals surface area (Å²) < 4.78 is 15.0. The van der Waals surface area contributed by atoms with Crippen LogP contribution < -0.4 is 10.6 Å². The number of esters is 1. The van der Waals surface area contributed by atoms with Crippen molar-refractivity contribution < 1.29 is 28.4 Å². The number of nitrogens with zero attached hydrogens (tertiary/aromatic N) is 1. The summed E-state index contributed by atoms with van der Waals surface area (Å²) in [7, 11) is 1.39. The van der Waals surface area contributed by atoms with E-state index in [0.29, 0.717) is 5.76 Å². The van der Waals surface area contributed by atoms with Gasteiger partial charge in [-0.1, -0.05) is 35.5 Å². The van der Waals surface area contributed by atoms with Crippen molar-refractivity contribution in [2.75, 3.05) is 13.7 Å². The van der Waals surface area contributed by atoms with Crippen LogP contribution in [-0.2, 0) is 25.7 Å². The molecule has 1 aromatic carbocycles. The van der Waals surface area contributed by atoms with Gasteiger partial charge in [-0.25, -0.2) is 4.79 Å². The minimum absolute atomic E-state index is 0.0433. The third kappa shape index (κ3) is 6.20. The van der Waals surface area contributed by atoms with Crippen molar-refractivity contribution in [1.82, 2.24) is 15.8 Å². The normalized spacial score (nSPS) is 12.7. The Morgan fingerprint density at radius 1 is 1.18 bits per heavy atom. The fourth-order valence-corrected chi connectivity index (χ4v) is 2.28. The molecular weight excluding hydrogens is 366 g/mol. The van der Waals surface area contributed by atoms with Crippen LogP contribution in [0.25, 0.3) is 0 Å². The smallest absolute Gasteiger partial charge is 0.328 e. The van der Waals surface area contributed by atoms with Crippen LogP contribution in [0.5, 0.6) is 0 Å². The van der Waals surface area contributed by atoms with Crippen molar-refractivity contribution in [3.8, 4) is 0 Å². The summed E-state index contributed by atoms with van der Waals surface area (Å²) in [6.45, 7) is 3.16. The van der Waals surface area contributed by atoms with Crippen LogP contribution in [0.15, 0.2) is 40.9 Å². The second-order valence-corrected chi connectivity index (χ2v) is 6.13. The van der Waals surface area contributed by atoms with Crippen LogP contribution in [0.3, 0.4) is 0 Å². The zero-order chi connectivity index (χ0) is 20.5. The van der Waals surface area contributed by atoms with Gasteiger partial charge < -0.3 is 24.6 Å². The van der Waals surface area contributed by atoms with E-state index in [2.05, 4.69) is 15.8 Å². The molecule has 2 aromatic rings. The van der Waals surface area contributed by atoms with Crippen LogP contribution in [0.1, 0.15) is 28.7 Å². The third-order valence-electron chi connectivity index (χ3n) is 3.75. The largest absolute Gasteiger partial charge is 0.459 e. The van der Waals surface area contributed by atoms with Gasteiger partial charge in [-0.05, 0) is 19.4 Å². The molecule has 150 valence electrons. The molecule has 2 atom stereocenters. The maximum atomic E-state index is 12.4. The molecule has 28 heavy (non-hydrogen) atoms. The fourth-order valence-electron chi connectivity index (χ4n) is 2.28. The molecule has 9 nitrogen and oxygen atoms in total. The summed E-state index contributed by atoms with van der Waals surface area (Å²) in [6.07, 6.45) is 0. The van der Waals surface area contributed by atoms with E-state index in [-0.39, 0.29) is 18.9 Å². The van der Waals surface area contributed by atoms with Crippen LogP contribution >= 0.6 is 0 Å². The van der Waals surface area contributed by atoms with Gasteiger partial charge in [0.2, 0.25) is 5.91 Å². The van der Waals surface area contributed by atoms with Crippen molar-refractivity contribution >= 4 is 17.8 Å². The molecule has 0 aliphatic rings. The topological polar surface area (TPSA) is 120 Å². The molecule has 0 unspecified atom stereocenters. The number of methoxy groups -OCH3 is 1. The average molecular weight is 389 g/mol. The molecule has 0 saturated heterocycles. The Hall–Kier alpha value is -3.20. The van der Waals surface area contributed by atoms with Crippen LogP contribution in [0.4, 0.5) is 0 Å². The van der Waals surface area contributed by atoms with Crippen molar-refractivity contribution in [2.24, 2.45) is 0 Å². The van der Waals surface area contributed by atoms with Crippen LogP contribution in [0.2, 0.25) is 0 Å². The fraction of sp³-hybridized carbons (Fsp3) is 0.368. The zero-order valence-corrected chi connectivity index (χ0v) is 15.9. The maximum Gasteiger partial charge on any atom is 0.328 e. The summed E-state index contributed by atoms with van der Waals surface area (Å²) in [5.74, 6) is -1.30. The standard InChI is InChI=1S/C19H23N3O6/c1-12-9-15(22-28-12)17(23)21-16(11-26-3)18(24)20-13(2)19(25)27-10-14-7-5-4-6-8-14/h4-9,13,16H,10-11H2,1-3H3,(H,20,24)(H,21,23)/t13-,16-/m0/s1. The van der Waals surface area contributed by atoms with Gasteiger partial charge in [0.1, 0.15) is 24.5 Å².